The van der Waals surface area contributed by atoms with Crippen LogP contribution in [-0.4, -0.2) is 46.3 Å². The number of hydrogen-bond donors (Lipinski definition) is 1. The summed E-state index contributed by atoms with van der Waals surface area (Å²) in [5.74, 6) is -0.202. The lowest BCUT2D eigenvalue weighted by Crippen LogP contribution is -2.42. The van der Waals surface area contributed by atoms with Crippen LogP contribution in [0.2, 0.25) is 0 Å². The zero-order valence-corrected chi connectivity index (χ0v) is 16.2. The van der Waals surface area contributed by atoms with Gasteiger partial charge in [-0.05, 0) is 62.6 Å². The summed E-state index contributed by atoms with van der Waals surface area (Å²) in [6.45, 7) is 5.01. The number of aryl methyl sites for hydroxylation is 2. The van der Waals surface area contributed by atoms with E-state index in [1.54, 1.807) is 16.8 Å². The summed E-state index contributed by atoms with van der Waals surface area (Å²) in [6, 6.07) is 6.93. The number of rotatable bonds is 7. The van der Waals surface area contributed by atoms with E-state index < -0.39 is 0 Å². The summed E-state index contributed by atoms with van der Waals surface area (Å²) < 4.78 is 14.9. The SMILES string of the molecule is CC1CCCCN1CCNC(=O)CCc1cn(C)nc1-c1ccc(F)cc1. The normalized spacial score (nSPS) is 17.8. The lowest BCUT2D eigenvalue weighted by atomic mass is 10.0. The smallest absolute Gasteiger partial charge is 0.220 e. The van der Waals surface area contributed by atoms with Crippen molar-refractivity contribution in [2.24, 2.45) is 7.05 Å². The largest absolute Gasteiger partial charge is 0.355 e. The van der Waals surface area contributed by atoms with Crippen molar-refractivity contribution in [2.45, 2.75) is 45.1 Å². The van der Waals surface area contributed by atoms with Gasteiger partial charge in [0.1, 0.15) is 5.82 Å². The predicted molar refractivity (Wildman–Crippen MR) is 105 cm³/mol. The van der Waals surface area contributed by atoms with Crippen molar-refractivity contribution < 1.29 is 9.18 Å². The third-order valence-electron chi connectivity index (χ3n) is 5.31. The Labute approximate surface area is 160 Å². The van der Waals surface area contributed by atoms with Gasteiger partial charge >= 0.3 is 0 Å². The maximum Gasteiger partial charge on any atom is 0.220 e. The number of piperidine rings is 1. The number of nitrogens with zero attached hydrogens (tertiary/aromatic N) is 3. The van der Waals surface area contributed by atoms with Gasteiger partial charge in [-0.1, -0.05) is 6.42 Å². The predicted octanol–water partition coefficient (Wildman–Crippen LogP) is 3.15. The summed E-state index contributed by atoms with van der Waals surface area (Å²) in [5.41, 5.74) is 2.68. The van der Waals surface area contributed by atoms with E-state index in [2.05, 4.69) is 22.2 Å². The fourth-order valence-corrected chi connectivity index (χ4v) is 3.74. The number of halogens is 1. The molecule has 1 N–H and O–H groups in total. The van der Waals surface area contributed by atoms with Gasteiger partial charge in [-0.15, -0.1) is 0 Å². The van der Waals surface area contributed by atoms with E-state index in [9.17, 15) is 9.18 Å². The minimum atomic E-state index is -0.265. The highest BCUT2D eigenvalue weighted by Crippen LogP contribution is 2.23. The Kier molecular flexibility index (Phi) is 6.61. The second-order valence-corrected chi connectivity index (χ2v) is 7.41. The monoisotopic (exact) mass is 372 g/mol. The molecule has 146 valence electrons. The summed E-state index contributed by atoms with van der Waals surface area (Å²) >= 11 is 0. The molecule has 0 saturated carbocycles. The molecule has 6 heteroatoms. The van der Waals surface area contributed by atoms with Gasteiger partial charge in [0, 0.05) is 44.4 Å². The van der Waals surface area contributed by atoms with Crippen LogP contribution in [0.4, 0.5) is 4.39 Å². The maximum absolute atomic E-state index is 13.2. The summed E-state index contributed by atoms with van der Waals surface area (Å²) in [5, 5.41) is 7.51. The summed E-state index contributed by atoms with van der Waals surface area (Å²) in [4.78, 5) is 14.7. The quantitative estimate of drug-likeness (QED) is 0.812. The first kappa shape index (κ1) is 19.5. The number of amides is 1. The molecule has 2 aromatic rings. The molecule has 1 fully saturated rings. The molecule has 3 rings (SSSR count). The van der Waals surface area contributed by atoms with Crippen LogP contribution in [0.3, 0.4) is 0 Å². The third kappa shape index (κ3) is 5.39. The summed E-state index contributed by atoms with van der Waals surface area (Å²) in [7, 11) is 1.86. The molecule has 1 aliphatic heterocycles. The van der Waals surface area contributed by atoms with Crippen LogP contribution in [0.5, 0.6) is 0 Å². The van der Waals surface area contributed by atoms with Crippen molar-refractivity contribution in [3.05, 3.63) is 41.8 Å². The zero-order chi connectivity index (χ0) is 19.2. The Morgan fingerprint density at radius 3 is 2.81 bits per heavy atom. The Balaban J connectivity index is 1.49. The molecule has 27 heavy (non-hydrogen) atoms. The van der Waals surface area contributed by atoms with Gasteiger partial charge in [0.25, 0.3) is 0 Å². The topological polar surface area (TPSA) is 50.2 Å². The minimum Gasteiger partial charge on any atom is -0.355 e. The molecular formula is C21H29FN4O. The average molecular weight is 372 g/mol. The number of likely N-dealkylation sites (tertiary alicyclic amines) is 1. The van der Waals surface area contributed by atoms with Gasteiger partial charge in [0.05, 0.1) is 5.69 Å². The Bertz CT molecular complexity index is 756. The standard InChI is InChI=1S/C21H29FN4O/c1-16-5-3-4-13-26(16)14-12-23-20(27)11-8-18-15-25(2)24-21(18)17-6-9-19(22)10-7-17/h6-7,9-10,15-16H,3-5,8,11-14H2,1-2H3,(H,23,27). The summed E-state index contributed by atoms with van der Waals surface area (Å²) in [6.07, 6.45) is 6.79. The van der Waals surface area contributed by atoms with E-state index in [0.717, 1.165) is 29.9 Å². The molecule has 1 aromatic carbocycles. The molecule has 1 aromatic heterocycles. The van der Waals surface area contributed by atoms with E-state index in [4.69, 9.17) is 0 Å². The third-order valence-corrected chi connectivity index (χ3v) is 5.31. The van der Waals surface area contributed by atoms with E-state index >= 15 is 0 Å². The highest BCUT2D eigenvalue weighted by Gasteiger charge is 2.18. The molecule has 1 unspecified atom stereocenters. The van der Waals surface area contributed by atoms with Crippen molar-refractivity contribution in [2.75, 3.05) is 19.6 Å². The first-order chi connectivity index (χ1) is 13.0. The minimum absolute atomic E-state index is 0.0635. The molecular weight excluding hydrogens is 343 g/mol. The molecule has 1 aliphatic rings. The van der Waals surface area contributed by atoms with Crippen molar-refractivity contribution in [3.63, 3.8) is 0 Å². The average Bonchev–Trinajstić information content (AvgIpc) is 3.03. The molecule has 0 radical (unpaired) electrons. The Morgan fingerprint density at radius 2 is 2.07 bits per heavy atom. The molecule has 1 amide bonds. The molecule has 5 nitrogen and oxygen atoms in total. The molecule has 1 saturated heterocycles. The molecule has 1 atom stereocenters. The van der Waals surface area contributed by atoms with E-state index in [-0.39, 0.29) is 11.7 Å². The number of aromatic nitrogens is 2. The van der Waals surface area contributed by atoms with Gasteiger partial charge in [-0.2, -0.15) is 5.10 Å². The van der Waals surface area contributed by atoms with E-state index in [0.29, 0.717) is 25.4 Å². The first-order valence-electron chi connectivity index (χ1n) is 9.82. The van der Waals surface area contributed by atoms with Gasteiger partial charge in [-0.25, -0.2) is 4.39 Å². The van der Waals surface area contributed by atoms with Gasteiger partial charge in [0.15, 0.2) is 0 Å². The maximum atomic E-state index is 13.2. The van der Waals surface area contributed by atoms with E-state index in [1.807, 2.05) is 13.2 Å². The fourth-order valence-electron chi connectivity index (χ4n) is 3.74. The van der Waals surface area contributed by atoms with E-state index in [1.165, 1.54) is 31.4 Å². The Hall–Kier alpha value is -2.21. The lowest BCUT2D eigenvalue weighted by molar-refractivity contribution is -0.121. The molecule has 2 heterocycles. The highest BCUT2D eigenvalue weighted by molar-refractivity contribution is 5.76. The number of carbonyl (C=O) groups excluding carboxylic acids is 1. The van der Waals surface area contributed by atoms with Gasteiger partial charge < -0.3 is 5.32 Å². The first-order valence-corrected chi connectivity index (χ1v) is 9.82. The van der Waals surface area contributed by atoms with Crippen LogP contribution in [-0.2, 0) is 18.3 Å². The van der Waals surface area contributed by atoms with Crippen LogP contribution in [0.1, 0.15) is 38.2 Å². The highest BCUT2D eigenvalue weighted by atomic mass is 19.1. The van der Waals surface area contributed by atoms with Crippen LogP contribution in [0.25, 0.3) is 11.3 Å². The Morgan fingerprint density at radius 1 is 1.30 bits per heavy atom. The van der Waals surface area contributed by atoms with Gasteiger partial charge in [0.2, 0.25) is 5.91 Å². The second kappa shape index (κ2) is 9.13. The van der Waals surface area contributed by atoms with Crippen molar-refractivity contribution >= 4 is 5.91 Å². The molecule has 0 bridgehead atoms. The van der Waals surface area contributed by atoms with Crippen molar-refractivity contribution in [1.29, 1.82) is 0 Å². The van der Waals surface area contributed by atoms with Crippen LogP contribution in [0.15, 0.2) is 30.5 Å². The lowest BCUT2D eigenvalue weighted by Gasteiger charge is -2.33. The number of carbonyl (C=O) groups is 1. The zero-order valence-electron chi connectivity index (χ0n) is 16.2. The second-order valence-electron chi connectivity index (χ2n) is 7.41. The van der Waals surface area contributed by atoms with Crippen LogP contribution < -0.4 is 5.32 Å². The van der Waals surface area contributed by atoms with Gasteiger partial charge in [-0.3, -0.25) is 14.4 Å². The molecule has 0 spiro atoms. The number of benzene rings is 1. The molecule has 0 aliphatic carbocycles. The fraction of sp³-hybridized carbons (Fsp3) is 0.524. The van der Waals surface area contributed by atoms with Crippen molar-refractivity contribution in [1.82, 2.24) is 20.0 Å². The number of hydrogen-bond acceptors (Lipinski definition) is 3. The van der Waals surface area contributed by atoms with Crippen LogP contribution in [0, 0.1) is 5.82 Å². The van der Waals surface area contributed by atoms with Crippen LogP contribution >= 0.6 is 0 Å². The number of nitrogens with one attached hydrogen (secondary N) is 1. The van der Waals surface area contributed by atoms with Crippen molar-refractivity contribution in [3.8, 4) is 11.3 Å².